The molecule has 2 heterocycles. The molecule has 0 aliphatic carbocycles. The Bertz CT molecular complexity index is 1040. The number of oxazole rings is 1. The first kappa shape index (κ1) is 18.7. The van der Waals surface area contributed by atoms with E-state index in [1.165, 1.54) is 5.56 Å². The maximum atomic E-state index is 5.90. The first-order chi connectivity index (χ1) is 14.3. The fraction of sp³-hybridized carbons (Fsp3) is 0.167. The highest BCUT2D eigenvalue weighted by Gasteiger charge is 2.04. The molecule has 29 heavy (non-hydrogen) atoms. The Hall–Kier alpha value is -3.60. The normalized spacial score (nSPS) is 11.2. The molecule has 0 unspecified atom stereocenters. The van der Waals surface area contributed by atoms with Gasteiger partial charge >= 0.3 is 0 Å². The van der Waals surface area contributed by atoms with E-state index in [2.05, 4.69) is 26.7 Å². The van der Waals surface area contributed by atoms with Crippen LogP contribution >= 0.6 is 0 Å². The van der Waals surface area contributed by atoms with Crippen LogP contribution in [-0.4, -0.2) is 14.5 Å². The summed E-state index contributed by atoms with van der Waals surface area (Å²) in [6, 6.07) is 18.3. The molecule has 5 heteroatoms. The Labute approximate surface area is 170 Å². The third-order valence-corrected chi connectivity index (χ3v) is 4.51. The third kappa shape index (κ3) is 5.69. The largest absolute Gasteiger partial charge is 0.487 e. The Morgan fingerprint density at radius 3 is 2.83 bits per heavy atom. The lowest BCUT2D eigenvalue weighted by molar-refractivity contribution is 0.300. The Kier molecular flexibility index (Phi) is 6.18. The number of nitrogens with zero attached hydrogens (tertiary/aromatic N) is 3. The third-order valence-electron chi connectivity index (χ3n) is 4.51. The molecule has 4 rings (SSSR count). The maximum Gasteiger partial charge on any atom is 0.218 e. The molecule has 2 aromatic carbocycles. The summed E-state index contributed by atoms with van der Waals surface area (Å²) in [6.07, 6.45) is 13.2. The number of imidazole rings is 1. The van der Waals surface area contributed by atoms with Crippen molar-refractivity contribution in [3.05, 3.63) is 102 Å². The van der Waals surface area contributed by atoms with E-state index in [9.17, 15) is 0 Å². The van der Waals surface area contributed by atoms with Crippen LogP contribution in [0.1, 0.15) is 29.1 Å². The summed E-state index contributed by atoms with van der Waals surface area (Å²) >= 11 is 0. The highest BCUT2D eigenvalue weighted by molar-refractivity contribution is 5.65. The van der Waals surface area contributed by atoms with E-state index in [0.717, 1.165) is 36.4 Å². The zero-order valence-corrected chi connectivity index (χ0v) is 16.1. The zero-order chi connectivity index (χ0) is 19.7. The van der Waals surface area contributed by atoms with Crippen molar-refractivity contribution >= 4 is 12.2 Å². The van der Waals surface area contributed by atoms with E-state index >= 15 is 0 Å². The highest BCUT2D eigenvalue weighted by Crippen LogP contribution is 2.17. The summed E-state index contributed by atoms with van der Waals surface area (Å²) in [6.45, 7) is 1.34. The van der Waals surface area contributed by atoms with Crippen LogP contribution in [0.5, 0.6) is 5.75 Å². The van der Waals surface area contributed by atoms with Crippen molar-refractivity contribution in [1.82, 2.24) is 14.5 Å². The first-order valence-corrected chi connectivity index (χ1v) is 9.70. The van der Waals surface area contributed by atoms with Crippen LogP contribution in [0.3, 0.4) is 0 Å². The lowest BCUT2D eigenvalue weighted by Gasteiger charge is -2.07. The fourth-order valence-corrected chi connectivity index (χ4v) is 3.03. The molecule has 0 radical (unpaired) electrons. The molecule has 4 aromatic rings. The van der Waals surface area contributed by atoms with Gasteiger partial charge in [-0.3, -0.25) is 0 Å². The topological polar surface area (TPSA) is 53.1 Å². The molecule has 0 N–H and O–H groups in total. The van der Waals surface area contributed by atoms with E-state index in [0.29, 0.717) is 12.5 Å². The number of hydrogen-bond acceptors (Lipinski definition) is 4. The van der Waals surface area contributed by atoms with Gasteiger partial charge in [0.1, 0.15) is 24.3 Å². The van der Waals surface area contributed by atoms with Gasteiger partial charge in [0.25, 0.3) is 0 Å². The van der Waals surface area contributed by atoms with Gasteiger partial charge in [0.2, 0.25) is 5.89 Å². The van der Waals surface area contributed by atoms with Crippen molar-refractivity contribution in [2.24, 2.45) is 0 Å². The molecular weight excluding hydrogens is 362 g/mol. The standard InChI is InChI=1S/C24H23N3O2/c1-2-6-20(7-3-1)11-12-24-26-22(18-29-24)17-28-23-10-4-8-21(16-23)9-5-14-27-15-13-25-19-27/h1-4,6-8,10-13,15-16,18-19H,5,9,14,17H2. The number of hydrogen-bond donors (Lipinski definition) is 0. The molecule has 2 aromatic heterocycles. The zero-order valence-electron chi connectivity index (χ0n) is 16.1. The van der Waals surface area contributed by atoms with Crippen molar-refractivity contribution < 1.29 is 9.15 Å². The van der Waals surface area contributed by atoms with Gasteiger partial charge in [0, 0.05) is 25.0 Å². The summed E-state index contributed by atoms with van der Waals surface area (Å²) in [5.74, 6) is 1.41. The fourth-order valence-electron chi connectivity index (χ4n) is 3.03. The number of ether oxygens (including phenoxy) is 1. The lowest BCUT2D eigenvalue weighted by atomic mass is 10.1. The van der Waals surface area contributed by atoms with Crippen LogP contribution in [0.25, 0.3) is 12.2 Å². The van der Waals surface area contributed by atoms with E-state index in [-0.39, 0.29) is 0 Å². The van der Waals surface area contributed by atoms with Crippen LogP contribution in [0.15, 0.2) is 84.0 Å². The predicted octanol–water partition coefficient (Wildman–Crippen LogP) is 5.25. The van der Waals surface area contributed by atoms with Crippen LogP contribution in [-0.2, 0) is 19.6 Å². The molecule has 0 spiro atoms. The summed E-state index contributed by atoms with van der Waals surface area (Å²) < 4.78 is 13.5. The van der Waals surface area contributed by atoms with Gasteiger partial charge in [-0.1, -0.05) is 42.5 Å². The molecule has 0 atom stereocenters. The van der Waals surface area contributed by atoms with Gasteiger partial charge in [-0.15, -0.1) is 0 Å². The summed E-state index contributed by atoms with van der Waals surface area (Å²) in [4.78, 5) is 8.52. The molecule has 0 saturated heterocycles. The minimum Gasteiger partial charge on any atom is -0.487 e. The average molecular weight is 385 g/mol. The van der Waals surface area contributed by atoms with Gasteiger partial charge in [-0.05, 0) is 42.2 Å². The SMILES string of the molecule is C(=Cc1nc(COc2cccc(CCCn3ccnc3)c2)co1)c1ccccc1. The minimum atomic E-state index is 0.376. The van der Waals surface area contributed by atoms with Crippen molar-refractivity contribution in [2.75, 3.05) is 0 Å². The smallest absolute Gasteiger partial charge is 0.218 e. The lowest BCUT2D eigenvalue weighted by Crippen LogP contribution is -1.98. The van der Waals surface area contributed by atoms with Crippen molar-refractivity contribution in [2.45, 2.75) is 26.0 Å². The van der Waals surface area contributed by atoms with Crippen molar-refractivity contribution in [3.63, 3.8) is 0 Å². The summed E-state index contributed by atoms with van der Waals surface area (Å²) in [7, 11) is 0. The quantitative estimate of drug-likeness (QED) is 0.395. The second-order valence-electron chi connectivity index (χ2n) is 6.76. The highest BCUT2D eigenvalue weighted by atomic mass is 16.5. The summed E-state index contributed by atoms with van der Waals surface area (Å²) in [5.41, 5.74) is 3.13. The number of benzene rings is 2. The van der Waals surface area contributed by atoms with Gasteiger partial charge in [0.05, 0.1) is 6.33 Å². The van der Waals surface area contributed by atoms with Crippen molar-refractivity contribution in [3.8, 4) is 5.75 Å². The van der Waals surface area contributed by atoms with Crippen LogP contribution in [0.2, 0.25) is 0 Å². The van der Waals surface area contributed by atoms with Crippen LogP contribution < -0.4 is 4.74 Å². The minimum absolute atomic E-state index is 0.376. The monoisotopic (exact) mass is 385 g/mol. The molecule has 5 nitrogen and oxygen atoms in total. The second-order valence-corrected chi connectivity index (χ2v) is 6.76. The number of aromatic nitrogens is 3. The van der Waals surface area contributed by atoms with Crippen LogP contribution in [0, 0.1) is 0 Å². The maximum absolute atomic E-state index is 5.90. The van der Waals surface area contributed by atoms with Gasteiger partial charge in [-0.2, -0.15) is 0 Å². The van der Waals surface area contributed by atoms with E-state index in [4.69, 9.17) is 9.15 Å². The van der Waals surface area contributed by atoms with Crippen LogP contribution in [0.4, 0.5) is 0 Å². The molecule has 0 fully saturated rings. The predicted molar refractivity (Wildman–Crippen MR) is 113 cm³/mol. The number of rotatable bonds is 9. The van der Waals surface area contributed by atoms with E-state index < -0.39 is 0 Å². The van der Waals surface area contributed by atoms with Gasteiger partial charge in [-0.25, -0.2) is 9.97 Å². The summed E-state index contributed by atoms with van der Waals surface area (Å²) in [5, 5.41) is 0. The van der Waals surface area contributed by atoms with E-state index in [1.54, 1.807) is 12.5 Å². The molecule has 0 aliphatic rings. The number of aryl methyl sites for hydroxylation is 2. The average Bonchev–Trinajstić information content (AvgIpc) is 3.44. The first-order valence-electron chi connectivity index (χ1n) is 9.70. The van der Waals surface area contributed by atoms with Gasteiger partial charge in [0.15, 0.2) is 0 Å². The molecule has 146 valence electrons. The second kappa shape index (κ2) is 9.55. The molecule has 0 amide bonds. The van der Waals surface area contributed by atoms with E-state index in [1.807, 2.05) is 67.1 Å². The Balaban J connectivity index is 1.28. The molecular formula is C24H23N3O2. The molecule has 0 aliphatic heterocycles. The molecule has 0 saturated carbocycles. The molecule has 0 bridgehead atoms. The Morgan fingerprint density at radius 1 is 1.03 bits per heavy atom. The van der Waals surface area contributed by atoms with Crippen molar-refractivity contribution in [1.29, 1.82) is 0 Å². The van der Waals surface area contributed by atoms with Gasteiger partial charge < -0.3 is 13.7 Å². The Morgan fingerprint density at radius 2 is 1.97 bits per heavy atom.